The van der Waals surface area contributed by atoms with E-state index in [9.17, 15) is 25.5 Å². The van der Waals surface area contributed by atoms with Gasteiger partial charge in [-0.1, -0.05) is 5.11 Å². The highest BCUT2D eigenvalue weighted by atomic mass is 16.7. The Morgan fingerprint density at radius 2 is 1.60 bits per heavy atom. The smallest absolute Gasteiger partial charge is 0.176 e. The van der Waals surface area contributed by atoms with Crippen LogP contribution in [0.15, 0.2) is 5.11 Å². The first-order valence-electron chi connectivity index (χ1n) is 11.2. The van der Waals surface area contributed by atoms with E-state index < -0.39 is 85.3 Å². The maximum atomic E-state index is 11.0. The average Bonchev–Trinajstić information content (AvgIpc) is 2.80. The lowest BCUT2D eigenvalue weighted by Gasteiger charge is -2.48. The Balaban J connectivity index is 1.72. The van der Waals surface area contributed by atoms with E-state index in [4.69, 9.17) is 53.1 Å². The van der Waals surface area contributed by atoms with Crippen LogP contribution in [0.1, 0.15) is 12.8 Å². The zero-order valence-corrected chi connectivity index (χ0v) is 18.9. The number of hydrogen-bond acceptors (Lipinski definition) is 15. The number of hydrogen-bond donors (Lipinski definition) is 10. The summed E-state index contributed by atoms with van der Waals surface area (Å²) in [6.45, 7) is -0.453. The number of aliphatic hydroxyl groups is 5. The topological polar surface area (TPSA) is 317 Å². The van der Waals surface area contributed by atoms with Gasteiger partial charge >= 0.3 is 0 Å². The van der Waals surface area contributed by atoms with Gasteiger partial charge in [0.15, 0.2) is 12.6 Å². The van der Waals surface area contributed by atoms with Crippen LogP contribution in [-0.2, 0) is 18.9 Å². The van der Waals surface area contributed by atoms with Gasteiger partial charge < -0.3 is 73.1 Å². The molecule has 0 bridgehead atoms. The molecule has 1 aliphatic carbocycles. The number of nitrogens with two attached hydrogens (primary N) is 5. The van der Waals surface area contributed by atoms with Crippen LogP contribution < -0.4 is 28.7 Å². The van der Waals surface area contributed by atoms with Crippen LogP contribution in [0.3, 0.4) is 0 Å². The highest BCUT2D eigenvalue weighted by Crippen LogP contribution is 2.32. The molecule has 35 heavy (non-hydrogen) atoms. The lowest BCUT2D eigenvalue weighted by atomic mass is 9.84. The quantitative estimate of drug-likeness (QED) is 0.0663. The Bertz CT molecular complexity index is 759. The lowest BCUT2D eigenvalue weighted by molar-refractivity contribution is -0.315. The van der Waals surface area contributed by atoms with E-state index in [0.29, 0.717) is 0 Å². The van der Waals surface area contributed by atoms with E-state index in [-0.39, 0.29) is 25.9 Å². The van der Waals surface area contributed by atoms with Gasteiger partial charge in [0.05, 0.1) is 18.7 Å². The highest BCUT2D eigenvalue weighted by Gasteiger charge is 2.51. The van der Waals surface area contributed by atoms with Gasteiger partial charge in [-0.2, -0.15) is 0 Å². The molecule has 0 aromatic heterocycles. The van der Waals surface area contributed by atoms with Gasteiger partial charge in [-0.3, -0.25) is 0 Å². The van der Waals surface area contributed by atoms with Crippen molar-refractivity contribution in [1.29, 1.82) is 0 Å². The van der Waals surface area contributed by atoms with Crippen LogP contribution in [0.4, 0.5) is 0 Å². The van der Waals surface area contributed by atoms with Gasteiger partial charge in [0, 0.05) is 30.0 Å². The first kappa shape index (κ1) is 28.3. The minimum absolute atomic E-state index is 0.120. The Hall–Kier alpha value is -1.25. The maximum absolute atomic E-state index is 11.0. The van der Waals surface area contributed by atoms with Gasteiger partial charge in [-0.15, -0.1) is 0 Å². The molecule has 1 saturated carbocycles. The van der Waals surface area contributed by atoms with E-state index in [2.05, 4.69) is 10.0 Å². The largest absolute Gasteiger partial charge is 0.388 e. The second-order valence-electron chi connectivity index (χ2n) is 9.25. The van der Waals surface area contributed by atoms with E-state index >= 15 is 0 Å². The van der Waals surface area contributed by atoms with Crippen molar-refractivity contribution in [3.8, 4) is 0 Å². The Morgan fingerprint density at radius 3 is 2.20 bits per heavy atom. The molecule has 2 saturated heterocycles. The van der Waals surface area contributed by atoms with Gasteiger partial charge in [-0.25, -0.2) is 0 Å². The molecule has 0 amide bonds. The van der Waals surface area contributed by atoms with Crippen LogP contribution in [0.25, 0.3) is 10.4 Å². The van der Waals surface area contributed by atoms with Crippen molar-refractivity contribution >= 4 is 0 Å². The van der Waals surface area contributed by atoms with Crippen molar-refractivity contribution in [3.05, 3.63) is 10.4 Å². The molecule has 3 aliphatic rings. The predicted molar refractivity (Wildman–Crippen MR) is 116 cm³/mol. The van der Waals surface area contributed by atoms with E-state index in [1.165, 1.54) is 0 Å². The average molecular weight is 509 g/mol. The van der Waals surface area contributed by atoms with E-state index in [0.717, 1.165) is 0 Å². The molecule has 15 N–H and O–H groups in total. The Labute approximate surface area is 200 Å². The fourth-order valence-electron chi connectivity index (χ4n) is 4.61. The third-order valence-corrected chi connectivity index (χ3v) is 6.65. The normalized spacial score (nSPS) is 51.0. The lowest BCUT2D eigenvalue weighted by Crippen LogP contribution is -2.69. The first-order chi connectivity index (χ1) is 16.4. The van der Waals surface area contributed by atoms with E-state index in [1.54, 1.807) is 0 Å². The molecule has 0 aromatic carbocycles. The minimum Gasteiger partial charge on any atom is -0.388 e. The molecule has 0 aromatic rings. The molecule has 2 aliphatic heterocycles. The predicted octanol–water partition coefficient (Wildman–Crippen LogP) is -5.66. The Kier molecular flexibility index (Phi) is 9.25. The van der Waals surface area contributed by atoms with Crippen molar-refractivity contribution in [2.75, 3.05) is 13.1 Å². The van der Waals surface area contributed by atoms with Crippen molar-refractivity contribution in [3.63, 3.8) is 0 Å². The molecule has 0 radical (unpaired) electrons. The molecule has 17 heteroatoms. The number of aliphatic hydroxyl groups excluding tert-OH is 4. The van der Waals surface area contributed by atoms with Crippen molar-refractivity contribution in [1.82, 2.24) is 0 Å². The van der Waals surface area contributed by atoms with Crippen LogP contribution >= 0.6 is 0 Å². The maximum Gasteiger partial charge on any atom is 0.176 e. The molecule has 202 valence electrons. The summed E-state index contributed by atoms with van der Waals surface area (Å²) in [6, 6.07) is -2.74. The summed E-state index contributed by atoms with van der Waals surface area (Å²) in [5.41, 5.74) is 36.0. The van der Waals surface area contributed by atoms with Gasteiger partial charge in [0.2, 0.25) is 0 Å². The summed E-state index contributed by atoms with van der Waals surface area (Å²) in [7, 11) is 0. The molecule has 3 fully saturated rings. The molecular weight excluding hydrogens is 472 g/mol. The first-order valence-corrected chi connectivity index (χ1v) is 11.2. The van der Waals surface area contributed by atoms with Crippen LogP contribution in [0.5, 0.6) is 0 Å². The zero-order chi connectivity index (χ0) is 26.1. The second kappa shape index (κ2) is 11.4. The van der Waals surface area contributed by atoms with E-state index in [1.807, 2.05) is 0 Å². The Morgan fingerprint density at radius 1 is 0.971 bits per heavy atom. The number of nitrogens with zero attached hydrogens (tertiary/aromatic N) is 3. The summed E-state index contributed by atoms with van der Waals surface area (Å²) in [6.07, 6.45) is -12.9. The molecule has 0 unspecified atom stereocenters. The molecule has 14 atom stereocenters. The molecule has 17 nitrogen and oxygen atoms in total. The standard InChI is InChI=1S/C18H36N8O9/c19-3-7-11(27)12(28)10(22)17(33-7)35-15-6(21)1-5(20)14(13(15)29)34-9-2-18(23,31)16(30)8(32-9)4-25-26-24/h5-17,27-31H,1-4,19-23H2/t5-,6+,7-,8-,9-,10-,11-,12-,13-,14+,15-,16-,17-,18-/m1/s1. The number of azide groups is 1. The highest BCUT2D eigenvalue weighted by molar-refractivity contribution is 5.01. The van der Waals surface area contributed by atoms with Gasteiger partial charge in [-0.05, 0) is 12.0 Å². The van der Waals surface area contributed by atoms with Crippen molar-refractivity contribution < 1.29 is 44.5 Å². The summed E-state index contributed by atoms with van der Waals surface area (Å²) >= 11 is 0. The second-order valence-corrected chi connectivity index (χ2v) is 9.25. The van der Waals surface area contributed by atoms with Crippen LogP contribution in [0, 0.1) is 0 Å². The number of rotatable bonds is 7. The fourth-order valence-corrected chi connectivity index (χ4v) is 4.61. The SMILES string of the molecule is [N-]=[N+]=NC[C@H]1O[C@H](O[C@@H]2[C@@H](O)[C@H](O[C@H]3O[C@H](CN)[C@@H](O)[C@H](O)[C@H]3N)[C@@H](N)C[C@H]2N)C[C@@](N)(O)[C@@H]1O. The molecule has 3 rings (SSSR count). The summed E-state index contributed by atoms with van der Waals surface area (Å²) in [4.78, 5) is 2.59. The molecule has 2 heterocycles. The number of ether oxygens (including phenoxy) is 4. The van der Waals surface area contributed by atoms with Crippen molar-refractivity contribution in [2.45, 2.75) is 98.1 Å². The minimum atomic E-state index is -2.13. The third-order valence-electron chi connectivity index (χ3n) is 6.65. The molecular formula is C18H36N8O9. The molecule has 0 spiro atoms. The third kappa shape index (κ3) is 6.02. The summed E-state index contributed by atoms with van der Waals surface area (Å²) in [5.74, 6) is 0. The van der Waals surface area contributed by atoms with Crippen LogP contribution in [0.2, 0.25) is 0 Å². The zero-order valence-electron chi connectivity index (χ0n) is 18.9. The summed E-state index contributed by atoms with van der Waals surface area (Å²) < 4.78 is 22.8. The van der Waals surface area contributed by atoms with Gasteiger partial charge in [0.25, 0.3) is 0 Å². The fraction of sp³-hybridized carbons (Fsp3) is 1.00. The van der Waals surface area contributed by atoms with Crippen LogP contribution in [-0.4, -0.2) is 124 Å². The van der Waals surface area contributed by atoms with Crippen molar-refractivity contribution in [2.24, 2.45) is 33.8 Å². The monoisotopic (exact) mass is 508 g/mol. The summed E-state index contributed by atoms with van der Waals surface area (Å²) in [5, 5.41) is 55.2. The van der Waals surface area contributed by atoms with Gasteiger partial charge in [0.1, 0.15) is 48.5 Å².